The van der Waals surface area contributed by atoms with Crippen molar-refractivity contribution in [3.05, 3.63) is 65.5 Å². The Bertz CT molecular complexity index is 1420. The van der Waals surface area contributed by atoms with E-state index in [0.29, 0.717) is 28.6 Å². The van der Waals surface area contributed by atoms with Crippen molar-refractivity contribution in [1.82, 2.24) is 14.2 Å². The second-order valence-corrected chi connectivity index (χ2v) is 11.6. The van der Waals surface area contributed by atoms with Crippen molar-refractivity contribution >= 4 is 10.2 Å². The van der Waals surface area contributed by atoms with Crippen LogP contribution in [-0.2, 0) is 23.1 Å². The molecule has 11 heteroatoms. The van der Waals surface area contributed by atoms with E-state index in [1.165, 1.54) is 12.1 Å². The minimum absolute atomic E-state index is 0.0852. The maximum atomic E-state index is 13.2. The topological polar surface area (TPSA) is 75.4 Å². The van der Waals surface area contributed by atoms with Crippen molar-refractivity contribution in [2.24, 2.45) is 11.8 Å². The Labute approximate surface area is 205 Å². The first kappa shape index (κ1) is 23.6. The van der Waals surface area contributed by atoms with E-state index in [4.69, 9.17) is 4.52 Å². The van der Waals surface area contributed by atoms with E-state index < -0.39 is 28.5 Å². The number of rotatable bonds is 3. The highest BCUT2D eigenvalue weighted by molar-refractivity contribution is 7.87. The summed E-state index contributed by atoms with van der Waals surface area (Å²) in [5.74, 6) is 0.0000132. The molecule has 0 amide bonds. The summed E-state index contributed by atoms with van der Waals surface area (Å²) in [5, 5.41) is 4.10. The number of hydrogen-bond donors (Lipinski definition) is 1. The third-order valence-corrected chi connectivity index (χ3v) is 9.42. The number of benzene rings is 2. The highest BCUT2D eigenvalue weighted by atomic mass is 32.2. The molecular formula is C25H23F4N3O3S. The molecule has 1 saturated carbocycles. The summed E-state index contributed by atoms with van der Waals surface area (Å²) in [5.41, 5.74) is 3.28. The Kier molecular flexibility index (Phi) is 5.33. The van der Waals surface area contributed by atoms with Crippen LogP contribution in [0.3, 0.4) is 0 Å². The van der Waals surface area contributed by atoms with Gasteiger partial charge in [0.1, 0.15) is 18.1 Å². The van der Waals surface area contributed by atoms with Crippen molar-refractivity contribution in [2.45, 2.75) is 37.4 Å². The van der Waals surface area contributed by atoms with E-state index in [1.54, 1.807) is 18.2 Å². The van der Waals surface area contributed by atoms with Gasteiger partial charge in [0.05, 0.1) is 5.54 Å². The predicted octanol–water partition coefficient (Wildman–Crippen LogP) is 4.72. The quantitative estimate of drug-likeness (QED) is 0.506. The number of aromatic nitrogens is 1. The average Bonchev–Trinajstić information content (AvgIpc) is 3.43. The maximum absolute atomic E-state index is 13.2. The Morgan fingerprint density at radius 1 is 1.00 bits per heavy atom. The lowest BCUT2D eigenvalue weighted by molar-refractivity contribution is -0.136. The number of nitrogens with one attached hydrogen (secondary N) is 1. The van der Waals surface area contributed by atoms with Crippen LogP contribution in [0.15, 0.2) is 53.1 Å². The van der Waals surface area contributed by atoms with Gasteiger partial charge in [-0.15, -0.1) is 0 Å². The van der Waals surface area contributed by atoms with Crippen molar-refractivity contribution < 1.29 is 30.5 Å². The molecule has 3 aliphatic rings. The number of halogens is 4. The zero-order valence-corrected chi connectivity index (χ0v) is 19.9. The van der Waals surface area contributed by atoms with Crippen LogP contribution in [0.25, 0.3) is 22.6 Å². The highest BCUT2D eigenvalue weighted by Crippen LogP contribution is 2.51. The molecular weight excluding hydrogens is 498 g/mol. The van der Waals surface area contributed by atoms with Crippen LogP contribution in [0.2, 0.25) is 0 Å². The fraction of sp³-hybridized carbons (Fsp3) is 0.400. The second kappa shape index (κ2) is 8.12. The Morgan fingerprint density at radius 3 is 2.36 bits per heavy atom. The molecule has 2 fully saturated rings. The van der Waals surface area contributed by atoms with Gasteiger partial charge >= 0.3 is 6.18 Å². The van der Waals surface area contributed by atoms with E-state index in [-0.39, 0.29) is 24.2 Å². The summed E-state index contributed by atoms with van der Waals surface area (Å²) in [6.45, 7) is -1.66. The van der Waals surface area contributed by atoms with Gasteiger partial charge in [-0.05, 0) is 79.0 Å². The van der Waals surface area contributed by atoms with Gasteiger partial charge in [0, 0.05) is 23.7 Å². The lowest BCUT2D eigenvalue weighted by atomic mass is 9.79. The van der Waals surface area contributed by atoms with Gasteiger partial charge in [0.25, 0.3) is 10.2 Å². The van der Waals surface area contributed by atoms with Crippen molar-refractivity contribution in [2.75, 3.05) is 13.1 Å². The standard InChI is InChI=1S/C25H23F4N3O3S/c26-21-7-3-15(4-8-21)22-12-23(35-30-22)17-2-1-16-10-19-5-6-20(11-18(16)9-17)24(19)13-32(14-25(27,28)29)36(33,34)31-24/h1-4,7-9,12,19-20,31H,5-6,10-11,13-14H2. The molecule has 3 aromatic rings. The van der Waals surface area contributed by atoms with Crippen LogP contribution in [0, 0.1) is 17.7 Å². The SMILES string of the molecule is O=S1(=O)NC2(CN1CC(F)(F)F)C1CCC2Cc2cc(-c3cc(-c4ccc(F)cc4)no3)ccc2C1. The summed E-state index contributed by atoms with van der Waals surface area (Å²) < 4.78 is 86.6. The summed E-state index contributed by atoms with van der Waals surface area (Å²) in [7, 11) is -4.22. The Hall–Kier alpha value is -2.76. The molecule has 1 spiro atoms. The summed E-state index contributed by atoms with van der Waals surface area (Å²) >= 11 is 0. The van der Waals surface area contributed by atoms with E-state index in [9.17, 15) is 26.0 Å². The number of alkyl halides is 3. The fourth-order valence-electron chi connectivity index (χ4n) is 6.17. The number of nitrogens with zero attached hydrogens (tertiary/aromatic N) is 2. The van der Waals surface area contributed by atoms with Crippen LogP contribution in [-0.4, -0.2) is 42.7 Å². The largest absolute Gasteiger partial charge is 0.402 e. The molecule has 190 valence electrons. The zero-order valence-electron chi connectivity index (χ0n) is 19.1. The maximum Gasteiger partial charge on any atom is 0.402 e. The fourth-order valence-corrected chi connectivity index (χ4v) is 7.87. The first-order valence-corrected chi connectivity index (χ1v) is 13.2. The average molecular weight is 522 g/mol. The third-order valence-electron chi connectivity index (χ3n) is 7.85. The van der Waals surface area contributed by atoms with Crippen LogP contribution < -0.4 is 4.72 Å². The molecule has 1 saturated heterocycles. The van der Waals surface area contributed by atoms with Crippen LogP contribution >= 0.6 is 0 Å². The number of hydrogen-bond acceptors (Lipinski definition) is 4. The minimum atomic E-state index is -4.61. The third kappa shape index (κ3) is 4.03. The zero-order chi connectivity index (χ0) is 25.3. The molecule has 2 aliphatic carbocycles. The predicted molar refractivity (Wildman–Crippen MR) is 123 cm³/mol. The van der Waals surface area contributed by atoms with Gasteiger partial charge in [-0.1, -0.05) is 17.3 Å². The van der Waals surface area contributed by atoms with Crippen LogP contribution in [0.4, 0.5) is 17.6 Å². The van der Waals surface area contributed by atoms with Gasteiger partial charge in [-0.3, -0.25) is 0 Å². The van der Waals surface area contributed by atoms with Crippen LogP contribution in [0.5, 0.6) is 0 Å². The molecule has 1 N–H and O–H groups in total. The van der Waals surface area contributed by atoms with Gasteiger partial charge in [0.2, 0.25) is 0 Å². The highest BCUT2D eigenvalue weighted by Gasteiger charge is 2.60. The van der Waals surface area contributed by atoms with Crippen LogP contribution in [0.1, 0.15) is 24.0 Å². The van der Waals surface area contributed by atoms with Gasteiger partial charge in [-0.2, -0.15) is 30.6 Å². The van der Waals surface area contributed by atoms with Crippen molar-refractivity contribution in [3.63, 3.8) is 0 Å². The molecule has 1 aliphatic heterocycles. The van der Waals surface area contributed by atoms with Crippen molar-refractivity contribution in [1.29, 1.82) is 0 Å². The Morgan fingerprint density at radius 2 is 1.67 bits per heavy atom. The molecule has 2 aromatic carbocycles. The van der Waals surface area contributed by atoms with E-state index in [0.717, 1.165) is 35.1 Å². The molecule has 6 nitrogen and oxygen atoms in total. The summed E-state index contributed by atoms with van der Waals surface area (Å²) in [4.78, 5) is 0. The first-order valence-electron chi connectivity index (χ1n) is 11.7. The van der Waals surface area contributed by atoms with E-state index in [2.05, 4.69) is 9.88 Å². The lowest BCUT2D eigenvalue weighted by Gasteiger charge is -2.33. The summed E-state index contributed by atoms with van der Waals surface area (Å²) in [6.07, 6.45) is -1.95. The van der Waals surface area contributed by atoms with Gasteiger partial charge in [-0.25, -0.2) is 4.39 Å². The lowest BCUT2D eigenvalue weighted by Crippen LogP contribution is -2.52. The second-order valence-electron chi connectivity index (χ2n) is 9.98. The minimum Gasteiger partial charge on any atom is -0.356 e. The molecule has 6 rings (SSSR count). The van der Waals surface area contributed by atoms with E-state index in [1.807, 2.05) is 18.2 Å². The molecule has 2 bridgehead atoms. The normalized spacial score (nSPS) is 27.3. The molecule has 1 aromatic heterocycles. The molecule has 3 atom stereocenters. The smallest absolute Gasteiger partial charge is 0.356 e. The van der Waals surface area contributed by atoms with E-state index >= 15 is 0 Å². The van der Waals surface area contributed by atoms with Crippen molar-refractivity contribution in [3.8, 4) is 22.6 Å². The monoisotopic (exact) mass is 521 g/mol. The first-order chi connectivity index (χ1) is 17.0. The Balaban J connectivity index is 1.29. The number of fused-ring (bicyclic) bond motifs is 1. The molecule has 0 radical (unpaired) electrons. The summed E-state index contributed by atoms with van der Waals surface area (Å²) in [6, 6.07) is 13.6. The van der Waals surface area contributed by atoms with Gasteiger partial charge < -0.3 is 4.52 Å². The molecule has 36 heavy (non-hydrogen) atoms. The molecule has 2 heterocycles. The molecule has 3 unspecified atom stereocenters. The van der Waals surface area contributed by atoms with Gasteiger partial charge in [0.15, 0.2) is 5.76 Å².